The summed E-state index contributed by atoms with van der Waals surface area (Å²) in [6.07, 6.45) is 2.18. The molecule has 5 nitrogen and oxygen atoms in total. The summed E-state index contributed by atoms with van der Waals surface area (Å²) in [6.45, 7) is 4.54. The Bertz CT molecular complexity index is 196. The van der Waals surface area contributed by atoms with Crippen LogP contribution in [0.2, 0.25) is 0 Å². The van der Waals surface area contributed by atoms with Crippen molar-refractivity contribution in [1.29, 1.82) is 0 Å². The van der Waals surface area contributed by atoms with Crippen molar-refractivity contribution < 1.29 is 14.7 Å². The van der Waals surface area contributed by atoms with Gasteiger partial charge in [-0.3, -0.25) is 9.63 Å². The predicted molar refractivity (Wildman–Crippen MR) is 47.1 cm³/mol. The molecule has 0 aromatic heterocycles. The minimum absolute atomic E-state index is 0.0704. The number of aliphatic carboxylic acids is 1. The molecule has 3 N–H and O–H groups in total. The predicted octanol–water partition coefficient (Wildman–Crippen LogP) is -0.491. The van der Waals surface area contributed by atoms with Crippen molar-refractivity contribution in [3.05, 3.63) is 12.7 Å². The van der Waals surface area contributed by atoms with E-state index in [1.807, 2.05) is 0 Å². The van der Waals surface area contributed by atoms with E-state index in [-0.39, 0.29) is 6.04 Å². The van der Waals surface area contributed by atoms with Crippen LogP contribution in [0.5, 0.6) is 0 Å². The van der Waals surface area contributed by atoms with Gasteiger partial charge in [-0.1, -0.05) is 6.08 Å². The van der Waals surface area contributed by atoms with Crippen molar-refractivity contribution in [3.8, 4) is 0 Å². The van der Waals surface area contributed by atoms with E-state index in [1.54, 1.807) is 6.08 Å². The van der Waals surface area contributed by atoms with Gasteiger partial charge in [0.05, 0.1) is 6.61 Å². The van der Waals surface area contributed by atoms with Crippen LogP contribution in [0.4, 0.5) is 0 Å². The van der Waals surface area contributed by atoms with Gasteiger partial charge in [0, 0.05) is 12.6 Å². The molecule has 0 aromatic rings. The van der Waals surface area contributed by atoms with E-state index < -0.39 is 12.0 Å². The fraction of sp³-hybridized carbons (Fsp3) is 0.625. The smallest absolute Gasteiger partial charge is 0.320 e. The van der Waals surface area contributed by atoms with Crippen LogP contribution in [0.3, 0.4) is 0 Å². The van der Waals surface area contributed by atoms with Crippen molar-refractivity contribution in [2.75, 3.05) is 13.2 Å². The third kappa shape index (κ3) is 3.14. The van der Waals surface area contributed by atoms with Crippen molar-refractivity contribution in [1.82, 2.24) is 10.8 Å². The Morgan fingerprint density at radius 3 is 3.15 bits per heavy atom. The summed E-state index contributed by atoms with van der Waals surface area (Å²) in [6, 6.07) is -0.383. The van der Waals surface area contributed by atoms with Gasteiger partial charge in [-0.15, -0.1) is 6.58 Å². The van der Waals surface area contributed by atoms with Crippen molar-refractivity contribution in [3.63, 3.8) is 0 Å². The van der Waals surface area contributed by atoms with Gasteiger partial charge in [0.1, 0.15) is 6.04 Å². The van der Waals surface area contributed by atoms with Crippen molar-refractivity contribution >= 4 is 5.97 Å². The highest BCUT2D eigenvalue weighted by Gasteiger charge is 2.28. The highest BCUT2D eigenvalue weighted by molar-refractivity contribution is 5.73. The minimum atomic E-state index is -0.812. The molecule has 13 heavy (non-hydrogen) atoms. The van der Waals surface area contributed by atoms with Gasteiger partial charge < -0.3 is 10.4 Å². The first-order valence-corrected chi connectivity index (χ1v) is 4.18. The highest BCUT2D eigenvalue weighted by atomic mass is 16.6. The largest absolute Gasteiger partial charge is 0.480 e. The number of hydroxylamine groups is 1. The molecule has 5 heteroatoms. The van der Waals surface area contributed by atoms with Crippen molar-refractivity contribution in [2.24, 2.45) is 0 Å². The molecule has 0 aromatic carbocycles. The third-order valence-corrected chi connectivity index (χ3v) is 1.88. The minimum Gasteiger partial charge on any atom is -0.480 e. The fourth-order valence-corrected chi connectivity index (χ4v) is 1.24. The summed E-state index contributed by atoms with van der Waals surface area (Å²) >= 11 is 0. The number of carboxylic acids is 1. The van der Waals surface area contributed by atoms with E-state index in [1.165, 1.54) is 0 Å². The Balaban J connectivity index is 2.17. The first kappa shape index (κ1) is 10.2. The van der Waals surface area contributed by atoms with Crippen LogP contribution in [0.1, 0.15) is 6.42 Å². The summed E-state index contributed by atoms with van der Waals surface area (Å²) < 4.78 is 0. The lowest BCUT2D eigenvalue weighted by Gasteiger charge is -2.09. The zero-order valence-corrected chi connectivity index (χ0v) is 7.32. The first-order valence-electron chi connectivity index (χ1n) is 4.18. The Hall–Kier alpha value is -0.910. The summed E-state index contributed by atoms with van der Waals surface area (Å²) in [5.41, 5.74) is 2.77. The van der Waals surface area contributed by atoms with Gasteiger partial charge in [0.15, 0.2) is 0 Å². The molecule has 0 spiro atoms. The van der Waals surface area contributed by atoms with Crippen LogP contribution in [0, 0.1) is 0 Å². The van der Waals surface area contributed by atoms with Gasteiger partial charge in [-0.25, -0.2) is 0 Å². The van der Waals surface area contributed by atoms with Crippen LogP contribution in [-0.2, 0) is 9.63 Å². The molecule has 0 radical (unpaired) electrons. The Morgan fingerprint density at radius 1 is 1.85 bits per heavy atom. The molecule has 1 rings (SSSR count). The molecule has 0 saturated carbocycles. The van der Waals surface area contributed by atoms with E-state index in [2.05, 4.69) is 17.4 Å². The van der Waals surface area contributed by atoms with Gasteiger partial charge >= 0.3 is 5.97 Å². The van der Waals surface area contributed by atoms with E-state index in [0.29, 0.717) is 19.6 Å². The topological polar surface area (TPSA) is 70.6 Å². The maximum absolute atomic E-state index is 10.5. The molecular formula is C8H14N2O3. The normalized spacial score (nSPS) is 27.4. The fourth-order valence-electron chi connectivity index (χ4n) is 1.24. The number of hydrogen-bond acceptors (Lipinski definition) is 4. The SMILES string of the molecule is C=CCON[C@H]1CN[C@H](C(=O)O)C1. The molecule has 1 saturated heterocycles. The summed E-state index contributed by atoms with van der Waals surface area (Å²) in [5, 5.41) is 11.5. The molecule has 1 heterocycles. The standard InChI is InChI=1S/C8H14N2O3/c1-2-3-13-10-6-4-7(8(11)12)9-5-6/h2,6-7,9-10H,1,3-5H2,(H,11,12)/t6-,7+/m1/s1. The lowest BCUT2D eigenvalue weighted by Crippen LogP contribution is -2.31. The summed E-state index contributed by atoms with van der Waals surface area (Å²) in [4.78, 5) is 15.5. The molecular weight excluding hydrogens is 172 g/mol. The van der Waals surface area contributed by atoms with Crippen LogP contribution in [-0.4, -0.2) is 36.3 Å². The van der Waals surface area contributed by atoms with Crippen LogP contribution >= 0.6 is 0 Å². The highest BCUT2D eigenvalue weighted by Crippen LogP contribution is 2.06. The van der Waals surface area contributed by atoms with Gasteiger partial charge in [0.2, 0.25) is 0 Å². The molecule has 0 aliphatic carbocycles. The molecule has 0 bridgehead atoms. The van der Waals surface area contributed by atoms with Gasteiger partial charge in [0.25, 0.3) is 0 Å². The summed E-state index contributed by atoms with van der Waals surface area (Å²) in [5.74, 6) is -0.812. The van der Waals surface area contributed by atoms with Gasteiger partial charge in [-0.2, -0.15) is 5.48 Å². The van der Waals surface area contributed by atoms with E-state index >= 15 is 0 Å². The zero-order valence-electron chi connectivity index (χ0n) is 7.32. The third-order valence-electron chi connectivity index (χ3n) is 1.88. The lowest BCUT2D eigenvalue weighted by atomic mass is 10.2. The maximum Gasteiger partial charge on any atom is 0.320 e. The quantitative estimate of drug-likeness (QED) is 0.307. The second kappa shape index (κ2) is 4.96. The van der Waals surface area contributed by atoms with Crippen LogP contribution in [0.15, 0.2) is 12.7 Å². The second-order valence-electron chi connectivity index (χ2n) is 2.95. The monoisotopic (exact) mass is 186 g/mol. The van der Waals surface area contributed by atoms with Crippen LogP contribution < -0.4 is 10.8 Å². The molecule has 74 valence electrons. The molecule has 0 amide bonds. The van der Waals surface area contributed by atoms with E-state index in [9.17, 15) is 4.79 Å². The molecule has 1 fully saturated rings. The number of hydrogen-bond donors (Lipinski definition) is 3. The first-order chi connectivity index (χ1) is 6.24. The second-order valence-corrected chi connectivity index (χ2v) is 2.95. The molecule has 1 aliphatic heterocycles. The number of carbonyl (C=O) groups is 1. The molecule has 1 aliphatic rings. The Labute approximate surface area is 76.7 Å². The Morgan fingerprint density at radius 2 is 2.62 bits per heavy atom. The Kier molecular flexibility index (Phi) is 3.88. The number of nitrogens with one attached hydrogen (secondary N) is 2. The molecule has 0 unspecified atom stereocenters. The van der Waals surface area contributed by atoms with E-state index in [0.717, 1.165) is 0 Å². The van der Waals surface area contributed by atoms with Gasteiger partial charge in [-0.05, 0) is 6.42 Å². The molecule has 2 atom stereocenters. The number of rotatable bonds is 5. The maximum atomic E-state index is 10.5. The number of carboxylic acid groups (broad SMARTS) is 1. The average Bonchev–Trinajstić information content (AvgIpc) is 2.53. The zero-order chi connectivity index (χ0) is 9.68. The van der Waals surface area contributed by atoms with E-state index in [4.69, 9.17) is 9.94 Å². The summed E-state index contributed by atoms with van der Waals surface area (Å²) in [7, 11) is 0. The van der Waals surface area contributed by atoms with Crippen molar-refractivity contribution in [2.45, 2.75) is 18.5 Å². The lowest BCUT2D eigenvalue weighted by molar-refractivity contribution is -0.139. The van der Waals surface area contributed by atoms with Crippen LogP contribution in [0.25, 0.3) is 0 Å². The average molecular weight is 186 g/mol.